The SMILES string of the molecule is O=C(Cc1[nH]nc2ccccc12)N1CCN(N(C(=O)c2ccccc2)c2ccncc2)CC1. The van der Waals surface area contributed by atoms with Crippen molar-refractivity contribution >= 4 is 28.4 Å². The average molecular weight is 441 g/mol. The van der Waals surface area contributed by atoms with Crippen LogP contribution in [0.4, 0.5) is 5.69 Å². The first kappa shape index (κ1) is 20.8. The summed E-state index contributed by atoms with van der Waals surface area (Å²) >= 11 is 0. The number of fused-ring (bicyclic) bond motifs is 1. The van der Waals surface area contributed by atoms with Crippen molar-refractivity contribution in [3.8, 4) is 0 Å². The van der Waals surface area contributed by atoms with Crippen molar-refractivity contribution in [1.82, 2.24) is 25.1 Å². The van der Waals surface area contributed by atoms with E-state index in [4.69, 9.17) is 0 Å². The molecule has 0 spiro atoms. The minimum absolute atomic E-state index is 0.0499. The highest BCUT2D eigenvalue weighted by Crippen LogP contribution is 2.21. The van der Waals surface area contributed by atoms with Gasteiger partial charge >= 0.3 is 0 Å². The van der Waals surface area contributed by atoms with Crippen LogP contribution in [0.1, 0.15) is 16.1 Å². The highest BCUT2D eigenvalue weighted by Gasteiger charge is 2.29. The third kappa shape index (κ3) is 4.33. The van der Waals surface area contributed by atoms with Crippen molar-refractivity contribution in [2.45, 2.75) is 6.42 Å². The molecule has 0 radical (unpaired) electrons. The number of piperazine rings is 1. The van der Waals surface area contributed by atoms with Gasteiger partial charge in [0.15, 0.2) is 0 Å². The minimum Gasteiger partial charge on any atom is -0.340 e. The van der Waals surface area contributed by atoms with Crippen LogP contribution in [0, 0.1) is 0 Å². The highest BCUT2D eigenvalue weighted by atomic mass is 16.2. The first-order valence-corrected chi connectivity index (χ1v) is 10.9. The van der Waals surface area contributed by atoms with Crippen molar-refractivity contribution in [2.24, 2.45) is 0 Å². The lowest BCUT2D eigenvalue weighted by Gasteiger charge is -2.41. The van der Waals surface area contributed by atoms with Crippen molar-refractivity contribution in [3.63, 3.8) is 0 Å². The quantitative estimate of drug-likeness (QED) is 0.516. The van der Waals surface area contributed by atoms with E-state index in [1.54, 1.807) is 17.4 Å². The summed E-state index contributed by atoms with van der Waals surface area (Å²) in [6.45, 7) is 2.18. The number of nitrogens with one attached hydrogen (secondary N) is 1. The van der Waals surface area contributed by atoms with Gasteiger partial charge in [0.25, 0.3) is 5.91 Å². The van der Waals surface area contributed by atoms with E-state index in [0.29, 0.717) is 31.7 Å². The standard InChI is InChI=1S/C25H24N6O2/c32-24(18-23-21-8-4-5-9-22(21)27-28-23)29-14-16-30(17-15-29)31(20-10-12-26-13-11-20)25(33)19-6-2-1-3-7-19/h1-13H,14-18H2,(H,27,28). The number of amides is 2. The lowest BCUT2D eigenvalue weighted by molar-refractivity contribution is -0.132. The molecule has 5 rings (SSSR count). The molecule has 0 saturated carbocycles. The number of anilines is 1. The molecule has 0 atom stereocenters. The molecule has 1 N–H and O–H groups in total. The van der Waals surface area contributed by atoms with Gasteiger partial charge in [0.2, 0.25) is 5.91 Å². The number of benzene rings is 2. The minimum atomic E-state index is -0.106. The zero-order valence-electron chi connectivity index (χ0n) is 18.1. The second-order valence-corrected chi connectivity index (χ2v) is 7.92. The maximum atomic E-state index is 13.4. The number of H-pyrrole nitrogens is 1. The number of rotatable bonds is 5. The van der Waals surface area contributed by atoms with E-state index < -0.39 is 0 Å². The maximum Gasteiger partial charge on any atom is 0.272 e. The Kier molecular flexibility index (Phi) is 5.82. The van der Waals surface area contributed by atoms with E-state index in [0.717, 1.165) is 22.3 Å². The lowest BCUT2D eigenvalue weighted by Crippen LogP contribution is -2.57. The van der Waals surface area contributed by atoms with Gasteiger partial charge < -0.3 is 4.90 Å². The molecule has 1 aliphatic heterocycles. The van der Waals surface area contributed by atoms with Gasteiger partial charge in [-0.2, -0.15) is 5.10 Å². The van der Waals surface area contributed by atoms with E-state index in [2.05, 4.69) is 15.2 Å². The first-order valence-electron chi connectivity index (χ1n) is 10.9. The van der Waals surface area contributed by atoms with Crippen LogP contribution in [0.5, 0.6) is 0 Å². The summed E-state index contributed by atoms with van der Waals surface area (Å²) in [5.74, 6) is -0.0561. The Bertz CT molecular complexity index is 1250. The molecular formula is C25H24N6O2. The number of aromatic nitrogens is 3. The van der Waals surface area contributed by atoms with Gasteiger partial charge in [0.1, 0.15) is 0 Å². The summed E-state index contributed by atoms with van der Waals surface area (Å²) in [5, 5.41) is 11.9. The smallest absolute Gasteiger partial charge is 0.272 e. The molecule has 33 heavy (non-hydrogen) atoms. The molecule has 2 amide bonds. The van der Waals surface area contributed by atoms with Crippen LogP contribution >= 0.6 is 0 Å². The predicted molar refractivity (Wildman–Crippen MR) is 125 cm³/mol. The monoisotopic (exact) mass is 440 g/mol. The van der Waals surface area contributed by atoms with Crippen molar-refractivity contribution in [3.05, 3.63) is 90.4 Å². The Hall–Kier alpha value is -4.04. The average Bonchev–Trinajstić information content (AvgIpc) is 3.28. The van der Waals surface area contributed by atoms with Gasteiger partial charge in [-0.15, -0.1) is 0 Å². The third-order valence-corrected chi connectivity index (χ3v) is 5.88. The Morgan fingerprint density at radius 3 is 2.33 bits per heavy atom. The Morgan fingerprint density at radius 1 is 0.879 bits per heavy atom. The lowest BCUT2D eigenvalue weighted by atomic mass is 10.1. The Morgan fingerprint density at radius 2 is 1.58 bits per heavy atom. The van der Waals surface area contributed by atoms with Gasteiger partial charge in [0, 0.05) is 49.5 Å². The van der Waals surface area contributed by atoms with E-state index in [9.17, 15) is 9.59 Å². The van der Waals surface area contributed by atoms with Crippen LogP contribution in [-0.4, -0.2) is 63.1 Å². The van der Waals surface area contributed by atoms with Crippen LogP contribution < -0.4 is 5.01 Å². The molecule has 2 aromatic heterocycles. The fourth-order valence-electron chi connectivity index (χ4n) is 4.15. The van der Waals surface area contributed by atoms with Gasteiger partial charge in [0.05, 0.1) is 23.3 Å². The molecule has 1 aliphatic rings. The Labute approximate surface area is 191 Å². The van der Waals surface area contributed by atoms with Crippen LogP contribution in [-0.2, 0) is 11.2 Å². The second kappa shape index (κ2) is 9.22. The molecule has 4 aromatic rings. The van der Waals surface area contributed by atoms with E-state index in [1.807, 2.05) is 76.6 Å². The summed E-state index contributed by atoms with van der Waals surface area (Å²) in [5.41, 5.74) is 3.05. The topological polar surface area (TPSA) is 85.4 Å². The number of carbonyl (C=O) groups is 2. The van der Waals surface area contributed by atoms with Crippen LogP contribution in [0.15, 0.2) is 79.1 Å². The van der Waals surface area contributed by atoms with Crippen LogP contribution in [0.2, 0.25) is 0 Å². The summed E-state index contributed by atoms with van der Waals surface area (Å²) in [6.07, 6.45) is 3.63. The summed E-state index contributed by atoms with van der Waals surface area (Å²) < 4.78 is 0. The van der Waals surface area contributed by atoms with Gasteiger partial charge in [-0.25, -0.2) is 10.0 Å². The number of pyridine rings is 1. The van der Waals surface area contributed by atoms with Gasteiger partial charge in [-0.05, 0) is 30.3 Å². The third-order valence-electron chi connectivity index (χ3n) is 5.88. The summed E-state index contributed by atoms with van der Waals surface area (Å²) in [7, 11) is 0. The molecule has 166 valence electrons. The number of aromatic amines is 1. The van der Waals surface area contributed by atoms with Crippen LogP contribution in [0.25, 0.3) is 10.9 Å². The largest absolute Gasteiger partial charge is 0.340 e. The molecule has 1 saturated heterocycles. The molecule has 8 heteroatoms. The zero-order chi connectivity index (χ0) is 22.6. The molecule has 1 fully saturated rings. The van der Waals surface area contributed by atoms with Gasteiger partial charge in [-0.3, -0.25) is 19.7 Å². The first-order chi connectivity index (χ1) is 16.2. The highest BCUT2D eigenvalue weighted by molar-refractivity contribution is 6.05. The molecular weight excluding hydrogens is 416 g/mol. The van der Waals surface area contributed by atoms with E-state index >= 15 is 0 Å². The molecule has 3 heterocycles. The summed E-state index contributed by atoms with van der Waals surface area (Å²) in [4.78, 5) is 32.3. The van der Waals surface area contributed by atoms with Crippen molar-refractivity contribution in [1.29, 1.82) is 0 Å². The van der Waals surface area contributed by atoms with Gasteiger partial charge in [-0.1, -0.05) is 36.4 Å². The second-order valence-electron chi connectivity index (χ2n) is 7.92. The van der Waals surface area contributed by atoms with Crippen molar-refractivity contribution in [2.75, 3.05) is 31.2 Å². The number of para-hydroxylation sites is 1. The summed E-state index contributed by atoms with van der Waals surface area (Å²) in [6, 6.07) is 20.6. The fourth-order valence-corrected chi connectivity index (χ4v) is 4.15. The number of hydrogen-bond donors (Lipinski definition) is 1. The fraction of sp³-hybridized carbons (Fsp3) is 0.200. The molecule has 2 aromatic carbocycles. The van der Waals surface area contributed by atoms with E-state index in [-0.39, 0.29) is 18.2 Å². The molecule has 0 unspecified atom stereocenters. The predicted octanol–water partition coefficient (Wildman–Crippen LogP) is 2.91. The normalized spacial score (nSPS) is 14.4. The number of hydrogen-bond acceptors (Lipinski definition) is 5. The molecule has 0 bridgehead atoms. The molecule has 8 nitrogen and oxygen atoms in total. The Balaban J connectivity index is 1.29. The maximum absolute atomic E-state index is 13.4. The number of nitrogens with zero attached hydrogens (tertiary/aromatic N) is 5. The van der Waals surface area contributed by atoms with Crippen LogP contribution in [0.3, 0.4) is 0 Å². The zero-order valence-corrected chi connectivity index (χ0v) is 18.1. The number of carbonyl (C=O) groups excluding carboxylic acids is 2. The number of hydrazine groups is 1. The van der Waals surface area contributed by atoms with E-state index in [1.165, 1.54) is 0 Å². The van der Waals surface area contributed by atoms with Crippen molar-refractivity contribution < 1.29 is 9.59 Å². The molecule has 0 aliphatic carbocycles.